The summed E-state index contributed by atoms with van der Waals surface area (Å²) in [6.45, 7) is 0. The number of hydrogen-bond donors (Lipinski definition) is 0. The Kier molecular flexibility index (Phi) is 3.79. The molecular weight excluding hydrogens is 264 g/mol. The fraction of sp³-hybridized carbons (Fsp3) is 0.154. The molecule has 0 spiro atoms. The van der Waals surface area contributed by atoms with Crippen LogP contribution in [0.1, 0.15) is 12.0 Å². The molecule has 80 valence electrons. The molecular formula is C13H11BrN2. The first-order chi connectivity index (χ1) is 7.90. The van der Waals surface area contributed by atoms with Gasteiger partial charge < -0.3 is 0 Å². The molecule has 0 aliphatic carbocycles. The lowest BCUT2D eigenvalue weighted by atomic mass is 10.3. The van der Waals surface area contributed by atoms with E-state index in [2.05, 4.69) is 32.9 Å². The molecule has 3 heteroatoms. The van der Waals surface area contributed by atoms with E-state index in [9.17, 15) is 0 Å². The summed E-state index contributed by atoms with van der Waals surface area (Å²) in [6, 6.07) is 10.0. The number of aromatic nitrogens is 2. The highest BCUT2D eigenvalue weighted by Gasteiger charge is 1.96. The van der Waals surface area contributed by atoms with Crippen molar-refractivity contribution in [3.05, 3.63) is 48.3 Å². The van der Waals surface area contributed by atoms with Crippen LogP contribution < -0.4 is 0 Å². The molecule has 0 aliphatic heterocycles. The second-order valence-corrected chi connectivity index (χ2v) is 4.04. The minimum atomic E-state index is 0.858. The molecule has 1 heterocycles. The van der Waals surface area contributed by atoms with Crippen LogP contribution in [-0.4, -0.2) is 15.1 Å². The maximum atomic E-state index is 4.27. The molecule has 0 unspecified atom stereocenters. The van der Waals surface area contributed by atoms with E-state index in [0.29, 0.717) is 0 Å². The Hall–Kier alpha value is -1.53. The van der Waals surface area contributed by atoms with Crippen LogP contribution in [0.15, 0.2) is 42.7 Å². The normalized spacial score (nSPS) is 9.56. The fourth-order valence-corrected chi connectivity index (χ4v) is 1.52. The predicted octanol–water partition coefficient (Wildman–Crippen LogP) is 3.01. The maximum absolute atomic E-state index is 4.27. The first-order valence-corrected chi connectivity index (χ1v) is 6.17. The van der Waals surface area contributed by atoms with Crippen molar-refractivity contribution in [3.8, 4) is 17.5 Å². The van der Waals surface area contributed by atoms with Gasteiger partial charge in [-0.25, -0.2) is 4.68 Å². The van der Waals surface area contributed by atoms with Gasteiger partial charge >= 0.3 is 0 Å². The van der Waals surface area contributed by atoms with E-state index in [1.807, 2.05) is 41.2 Å². The van der Waals surface area contributed by atoms with Gasteiger partial charge in [-0.2, -0.15) is 5.10 Å². The largest absolute Gasteiger partial charge is 0.240 e. The third-order valence-electron chi connectivity index (χ3n) is 2.06. The average Bonchev–Trinajstić information content (AvgIpc) is 2.79. The van der Waals surface area contributed by atoms with Crippen molar-refractivity contribution >= 4 is 15.9 Å². The first kappa shape index (κ1) is 11.0. The minimum absolute atomic E-state index is 0.858. The monoisotopic (exact) mass is 274 g/mol. The number of benzene rings is 1. The Bertz CT molecular complexity index is 505. The van der Waals surface area contributed by atoms with Crippen LogP contribution >= 0.6 is 15.9 Å². The van der Waals surface area contributed by atoms with Crippen LogP contribution in [0.4, 0.5) is 0 Å². The van der Waals surface area contributed by atoms with E-state index >= 15 is 0 Å². The van der Waals surface area contributed by atoms with Crippen molar-refractivity contribution < 1.29 is 0 Å². The maximum Gasteiger partial charge on any atom is 0.0651 e. The Labute approximate surface area is 103 Å². The van der Waals surface area contributed by atoms with E-state index in [-0.39, 0.29) is 0 Å². The Morgan fingerprint density at radius 3 is 2.81 bits per heavy atom. The van der Waals surface area contributed by atoms with Gasteiger partial charge in [0, 0.05) is 17.9 Å². The zero-order valence-electron chi connectivity index (χ0n) is 8.73. The van der Waals surface area contributed by atoms with E-state index in [1.54, 1.807) is 6.20 Å². The van der Waals surface area contributed by atoms with Gasteiger partial charge in [-0.15, -0.1) is 0 Å². The summed E-state index contributed by atoms with van der Waals surface area (Å²) >= 11 is 3.34. The lowest BCUT2D eigenvalue weighted by molar-refractivity contribution is 0.880. The number of rotatable bonds is 2. The summed E-state index contributed by atoms with van der Waals surface area (Å²) in [6.07, 6.45) is 4.58. The topological polar surface area (TPSA) is 17.8 Å². The van der Waals surface area contributed by atoms with Crippen LogP contribution in [0.3, 0.4) is 0 Å². The van der Waals surface area contributed by atoms with Crippen molar-refractivity contribution in [2.75, 3.05) is 5.33 Å². The molecule has 2 aromatic rings. The van der Waals surface area contributed by atoms with Crippen molar-refractivity contribution in [3.63, 3.8) is 0 Å². The summed E-state index contributed by atoms with van der Waals surface area (Å²) in [5.41, 5.74) is 2.00. The lowest BCUT2D eigenvalue weighted by Crippen LogP contribution is -1.92. The summed E-state index contributed by atoms with van der Waals surface area (Å²) in [4.78, 5) is 0. The molecule has 0 amide bonds. The molecule has 1 aromatic heterocycles. The standard InChI is InChI=1S/C13H11BrN2/c14-9-5-4-6-12-10-15-16(11-12)13-7-2-1-3-8-13/h1-3,7-8,10-11H,5,9H2. The molecule has 2 rings (SSSR count). The zero-order chi connectivity index (χ0) is 11.2. The molecule has 16 heavy (non-hydrogen) atoms. The highest BCUT2D eigenvalue weighted by Crippen LogP contribution is 2.06. The molecule has 0 saturated carbocycles. The van der Waals surface area contributed by atoms with Gasteiger partial charge in [0.05, 0.1) is 17.4 Å². The second kappa shape index (κ2) is 5.53. The molecule has 2 nitrogen and oxygen atoms in total. The molecule has 1 aromatic carbocycles. The first-order valence-electron chi connectivity index (χ1n) is 5.05. The smallest absolute Gasteiger partial charge is 0.0651 e. The highest BCUT2D eigenvalue weighted by atomic mass is 79.9. The van der Waals surface area contributed by atoms with Crippen LogP contribution in [0, 0.1) is 11.8 Å². The molecule has 0 fully saturated rings. The number of halogens is 1. The van der Waals surface area contributed by atoms with E-state index in [4.69, 9.17) is 0 Å². The summed E-state index contributed by atoms with van der Waals surface area (Å²) in [5, 5.41) is 5.18. The van der Waals surface area contributed by atoms with Crippen molar-refractivity contribution in [2.45, 2.75) is 6.42 Å². The molecule has 0 N–H and O–H groups in total. The van der Waals surface area contributed by atoms with Gasteiger partial charge in [-0.3, -0.25) is 0 Å². The predicted molar refractivity (Wildman–Crippen MR) is 68.9 cm³/mol. The lowest BCUT2D eigenvalue weighted by Gasteiger charge is -1.98. The van der Waals surface area contributed by atoms with Crippen LogP contribution in [0.5, 0.6) is 0 Å². The van der Waals surface area contributed by atoms with Crippen molar-refractivity contribution in [1.82, 2.24) is 9.78 Å². The van der Waals surface area contributed by atoms with Crippen molar-refractivity contribution in [1.29, 1.82) is 0 Å². The van der Waals surface area contributed by atoms with Gasteiger partial charge in [-0.1, -0.05) is 46.0 Å². The molecule has 0 radical (unpaired) electrons. The van der Waals surface area contributed by atoms with Gasteiger partial charge in [0.25, 0.3) is 0 Å². The minimum Gasteiger partial charge on any atom is -0.240 e. The molecule has 0 saturated heterocycles. The Balaban J connectivity index is 2.18. The SMILES string of the molecule is BrCCC#Cc1cnn(-c2ccccc2)c1. The average molecular weight is 275 g/mol. The summed E-state index contributed by atoms with van der Waals surface area (Å²) in [5.74, 6) is 6.14. The molecule has 0 bridgehead atoms. The van der Waals surface area contributed by atoms with Crippen LogP contribution in [0.25, 0.3) is 5.69 Å². The van der Waals surface area contributed by atoms with Crippen LogP contribution in [-0.2, 0) is 0 Å². The van der Waals surface area contributed by atoms with Crippen molar-refractivity contribution in [2.24, 2.45) is 0 Å². The fourth-order valence-electron chi connectivity index (χ4n) is 1.32. The second-order valence-electron chi connectivity index (χ2n) is 3.25. The third kappa shape index (κ3) is 2.74. The van der Waals surface area contributed by atoms with Crippen LogP contribution in [0.2, 0.25) is 0 Å². The van der Waals surface area contributed by atoms with Gasteiger partial charge in [0.1, 0.15) is 0 Å². The number of alkyl halides is 1. The van der Waals surface area contributed by atoms with Gasteiger partial charge in [0.15, 0.2) is 0 Å². The van der Waals surface area contributed by atoms with E-state index < -0.39 is 0 Å². The van der Waals surface area contributed by atoms with Gasteiger partial charge in [-0.05, 0) is 12.1 Å². The number of hydrogen-bond acceptors (Lipinski definition) is 1. The summed E-state index contributed by atoms with van der Waals surface area (Å²) in [7, 11) is 0. The molecule has 0 atom stereocenters. The Morgan fingerprint density at radius 1 is 1.25 bits per heavy atom. The Morgan fingerprint density at radius 2 is 2.06 bits per heavy atom. The van der Waals surface area contributed by atoms with E-state index in [1.165, 1.54) is 0 Å². The molecule has 0 aliphatic rings. The number of para-hydroxylation sites is 1. The number of nitrogens with zero attached hydrogens (tertiary/aromatic N) is 2. The quantitative estimate of drug-likeness (QED) is 0.608. The third-order valence-corrected chi connectivity index (χ3v) is 2.45. The van der Waals surface area contributed by atoms with E-state index in [0.717, 1.165) is 23.0 Å². The highest BCUT2D eigenvalue weighted by molar-refractivity contribution is 9.09. The van der Waals surface area contributed by atoms with Gasteiger partial charge in [0.2, 0.25) is 0 Å². The summed E-state index contributed by atoms with van der Waals surface area (Å²) < 4.78 is 1.83. The zero-order valence-corrected chi connectivity index (χ0v) is 10.3.